The van der Waals surface area contributed by atoms with E-state index in [4.69, 9.17) is 0 Å². The van der Waals surface area contributed by atoms with E-state index in [1.807, 2.05) is 0 Å². The Labute approximate surface area is 105 Å². The van der Waals surface area contributed by atoms with Crippen molar-refractivity contribution in [2.24, 2.45) is 0 Å². The molecule has 0 radical (unpaired) electrons. The summed E-state index contributed by atoms with van der Waals surface area (Å²) in [5, 5.41) is 0. The second kappa shape index (κ2) is 3.98. The molecule has 0 saturated heterocycles. The van der Waals surface area contributed by atoms with Crippen molar-refractivity contribution in [1.82, 2.24) is 0 Å². The molecule has 16 heavy (non-hydrogen) atoms. The van der Waals surface area contributed by atoms with Crippen LogP contribution in [-0.2, 0) is 0 Å². The Morgan fingerprint density at radius 2 is 1.69 bits per heavy atom. The van der Waals surface area contributed by atoms with Gasteiger partial charge in [-0.25, -0.2) is 0 Å². The van der Waals surface area contributed by atoms with Gasteiger partial charge in [0.15, 0.2) is 0 Å². The van der Waals surface area contributed by atoms with E-state index >= 15 is 0 Å². The number of allylic oxidation sites excluding steroid dienone is 1. The Hall–Kier alpha value is -1.22. The van der Waals surface area contributed by atoms with Gasteiger partial charge in [-0.1, -0.05) is 0 Å². The molecule has 0 saturated carbocycles. The van der Waals surface area contributed by atoms with E-state index in [9.17, 15) is 0 Å². The molecule has 0 N–H and O–H groups in total. The van der Waals surface area contributed by atoms with Crippen LogP contribution in [0.3, 0.4) is 0 Å². The zero-order chi connectivity index (χ0) is 11.0. The zero-order valence-corrected chi connectivity index (χ0v) is 9.35. The fraction of sp³-hybridized carbons (Fsp3) is 0.0667. The molecule has 0 heterocycles. The first-order chi connectivity index (χ1) is 7.86. The molecule has 0 fully saturated rings. The van der Waals surface area contributed by atoms with Gasteiger partial charge < -0.3 is 0 Å². The topological polar surface area (TPSA) is 0 Å². The molecule has 72 valence electrons. The Bertz CT molecular complexity index is 541. The molecule has 1 atom stereocenters. The molecule has 2 aromatic carbocycles. The quantitative estimate of drug-likeness (QED) is 0.614. The number of hydrogen-bond acceptors (Lipinski definition) is 0. The molecule has 0 aromatic heterocycles. The van der Waals surface area contributed by atoms with Crippen LogP contribution in [0, 0.1) is 0 Å². The first-order valence-corrected chi connectivity index (χ1v) is 5.73. The third-order valence-corrected chi connectivity index (χ3v) is 3.27. The van der Waals surface area contributed by atoms with Crippen LogP contribution in [0.2, 0.25) is 0 Å². The van der Waals surface area contributed by atoms with Crippen LogP contribution in [0.15, 0.2) is 54.6 Å². The minimum atomic E-state index is 0.554. The monoisotopic (exact) mass is 198 g/mol. The molecule has 0 nitrogen and oxygen atoms in total. The summed E-state index contributed by atoms with van der Waals surface area (Å²) in [6.45, 7) is 0. The molecule has 1 aliphatic rings. The molecule has 0 bridgehead atoms. The van der Waals surface area contributed by atoms with Gasteiger partial charge >= 0.3 is 105 Å². The van der Waals surface area contributed by atoms with Crippen LogP contribution in [0.1, 0.15) is 15.7 Å². The van der Waals surface area contributed by atoms with Gasteiger partial charge in [0, 0.05) is 0 Å². The van der Waals surface area contributed by atoms with Gasteiger partial charge in [0.05, 0.1) is 0 Å². The van der Waals surface area contributed by atoms with Gasteiger partial charge in [-0.2, -0.15) is 0 Å². The Morgan fingerprint density at radius 3 is 2.50 bits per heavy atom. The van der Waals surface area contributed by atoms with Gasteiger partial charge in [0.1, 0.15) is 0 Å². The molecule has 3 rings (SSSR count). The number of fused-ring (bicyclic) bond motifs is 1. The molecular weight excluding hydrogens is 187 g/mol. The van der Waals surface area contributed by atoms with Crippen molar-refractivity contribution in [3.8, 4) is 11.1 Å². The van der Waals surface area contributed by atoms with E-state index in [0.29, 0.717) is 4.59 Å². The minimum absolute atomic E-state index is 0.554. The van der Waals surface area contributed by atoms with Crippen molar-refractivity contribution in [2.45, 2.75) is 4.59 Å². The van der Waals surface area contributed by atoms with Crippen LogP contribution in [0.5, 0.6) is 0 Å². The maximum atomic E-state index is 2.27. The standard InChI is InChI=1S/C15H11.Li/c1-2-6-12(7-3-1)14-10-4-8-13-9-5-11-15(13)14;/h1-11H;. The molecule has 0 amide bonds. The molecule has 1 unspecified atom stereocenters. The summed E-state index contributed by atoms with van der Waals surface area (Å²) in [5.74, 6) is 0. The maximum absolute atomic E-state index is 2.27. The molecule has 2 aromatic rings. The van der Waals surface area contributed by atoms with Gasteiger partial charge in [0.2, 0.25) is 0 Å². The van der Waals surface area contributed by atoms with Crippen LogP contribution >= 0.6 is 0 Å². The van der Waals surface area contributed by atoms with E-state index in [-0.39, 0.29) is 0 Å². The second-order valence-corrected chi connectivity index (χ2v) is 4.32. The average molecular weight is 198 g/mol. The van der Waals surface area contributed by atoms with Crippen molar-refractivity contribution in [3.05, 3.63) is 65.7 Å². The molecule has 0 aliphatic heterocycles. The Balaban J connectivity index is 2.21. The summed E-state index contributed by atoms with van der Waals surface area (Å²) in [5.41, 5.74) is 5.49. The Kier molecular flexibility index (Phi) is 2.48. The van der Waals surface area contributed by atoms with Gasteiger partial charge in [-0.15, -0.1) is 0 Å². The summed E-state index contributed by atoms with van der Waals surface area (Å²) >= 11 is 2.25. The molecule has 1 aliphatic carbocycles. The van der Waals surface area contributed by atoms with Crippen LogP contribution in [0.4, 0.5) is 0 Å². The zero-order valence-electron chi connectivity index (χ0n) is 9.35. The molecular formula is C15H11Li. The molecule has 1 heteroatoms. The summed E-state index contributed by atoms with van der Waals surface area (Å²) < 4.78 is 0.554. The number of rotatable bonds is 1. The second-order valence-electron chi connectivity index (χ2n) is 4.32. The summed E-state index contributed by atoms with van der Waals surface area (Å²) in [6.07, 6.45) is 4.53. The van der Waals surface area contributed by atoms with Crippen LogP contribution in [-0.4, -0.2) is 17.7 Å². The van der Waals surface area contributed by atoms with E-state index in [1.165, 1.54) is 22.3 Å². The average Bonchev–Trinajstić information content (AvgIpc) is 2.73. The number of benzene rings is 2. The van der Waals surface area contributed by atoms with E-state index in [2.05, 4.69) is 78.4 Å². The van der Waals surface area contributed by atoms with E-state index in [0.717, 1.165) is 0 Å². The Morgan fingerprint density at radius 1 is 0.875 bits per heavy atom. The third kappa shape index (κ3) is 1.55. The predicted octanol–water partition coefficient (Wildman–Crippen LogP) is 3.59. The van der Waals surface area contributed by atoms with Gasteiger partial charge in [-0.05, 0) is 0 Å². The summed E-state index contributed by atoms with van der Waals surface area (Å²) in [7, 11) is 0. The predicted molar refractivity (Wildman–Crippen MR) is 69.4 cm³/mol. The first kappa shape index (κ1) is 9.97. The van der Waals surface area contributed by atoms with Gasteiger partial charge in [-0.3, -0.25) is 0 Å². The van der Waals surface area contributed by atoms with E-state index < -0.39 is 0 Å². The fourth-order valence-electron chi connectivity index (χ4n) is 2.38. The van der Waals surface area contributed by atoms with Crippen molar-refractivity contribution in [2.75, 3.05) is 0 Å². The third-order valence-electron chi connectivity index (χ3n) is 3.27. The number of hydrogen-bond donors (Lipinski definition) is 0. The van der Waals surface area contributed by atoms with Crippen molar-refractivity contribution >= 4 is 23.8 Å². The van der Waals surface area contributed by atoms with Crippen LogP contribution in [0.25, 0.3) is 17.2 Å². The summed E-state index contributed by atoms with van der Waals surface area (Å²) in [6, 6.07) is 17.2. The fourth-order valence-corrected chi connectivity index (χ4v) is 2.38. The SMILES string of the molecule is [Li][CH]1C=Cc2c(-c3ccccc3)cccc21. The van der Waals surface area contributed by atoms with Gasteiger partial charge in [0.25, 0.3) is 0 Å². The molecule has 0 spiro atoms. The van der Waals surface area contributed by atoms with Crippen molar-refractivity contribution < 1.29 is 0 Å². The normalized spacial score (nSPS) is 17.5. The van der Waals surface area contributed by atoms with Crippen molar-refractivity contribution in [3.63, 3.8) is 0 Å². The van der Waals surface area contributed by atoms with Crippen LogP contribution < -0.4 is 0 Å². The van der Waals surface area contributed by atoms with E-state index in [1.54, 1.807) is 0 Å². The summed E-state index contributed by atoms with van der Waals surface area (Å²) in [4.78, 5) is 0. The van der Waals surface area contributed by atoms with Crippen molar-refractivity contribution in [1.29, 1.82) is 0 Å². The first-order valence-electron chi connectivity index (χ1n) is 5.73.